The molecule has 0 saturated carbocycles. The molecule has 2 aliphatic rings. The number of rotatable bonds is 3. The van der Waals surface area contributed by atoms with Crippen molar-refractivity contribution in [3.8, 4) is 0 Å². The zero-order valence-electron chi connectivity index (χ0n) is 12.5. The Morgan fingerprint density at radius 3 is 2.67 bits per heavy atom. The Bertz CT molecular complexity index is 518. The third kappa shape index (κ3) is 2.94. The highest BCUT2D eigenvalue weighted by atomic mass is 19.1. The monoisotopic (exact) mass is 292 g/mol. The summed E-state index contributed by atoms with van der Waals surface area (Å²) in [6.45, 7) is 6.70. The second kappa shape index (κ2) is 5.73. The molecule has 114 valence electrons. The van der Waals surface area contributed by atoms with Crippen LogP contribution in [-0.2, 0) is 16.1 Å². The highest BCUT2D eigenvalue weighted by molar-refractivity contribution is 5.78. The van der Waals surface area contributed by atoms with Crippen molar-refractivity contribution in [2.45, 2.75) is 38.6 Å². The number of amides is 1. The fourth-order valence-electron chi connectivity index (χ4n) is 3.11. The van der Waals surface area contributed by atoms with Gasteiger partial charge in [-0.25, -0.2) is 4.39 Å². The van der Waals surface area contributed by atoms with Crippen molar-refractivity contribution in [1.29, 1.82) is 0 Å². The Labute approximate surface area is 124 Å². The molecule has 0 radical (unpaired) electrons. The summed E-state index contributed by atoms with van der Waals surface area (Å²) in [6.07, 6.45) is 0.0885. The second-order valence-electron chi connectivity index (χ2n) is 6.11. The molecule has 1 amide bonds. The summed E-state index contributed by atoms with van der Waals surface area (Å²) in [5.74, 6) is -0.233. The lowest BCUT2D eigenvalue weighted by Gasteiger charge is -2.36. The maximum Gasteiger partial charge on any atom is 0.249 e. The van der Waals surface area contributed by atoms with Crippen LogP contribution in [-0.4, -0.2) is 53.6 Å². The van der Waals surface area contributed by atoms with Crippen LogP contribution in [0.5, 0.6) is 0 Å². The minimum Gasteiger partial charge on any atom is -0.365 e. The first-order valence-corrected chi connectivity index (χ1v) is 7.44. The number of halogens is 1. The van der Waals surface area contributed by atoms with Crippen LogP contribution in [0.4, 0.5) is 4.39 Å². The normalized spacial score (nSPS) is 26.5. The number of carbonyl (C=O) groups excluding carboxylic acids is 1. The molecule has 2 heterocycles. The summed E-state index contributed by atoms with van der Waals surface area (Å²) in [5.41, 5.74) is 0.952. The maximum atomic E-state index is 13.0. The van der Waals surface area contributed by atoms with E-state index in [1.54, 1.807) is 12.1 Å². The molecule has 1 aromatic carbocycles. The van der Waals surface area contributed by atoms with Crippen molar-refractivity contribution in [2.24, 2.45) is 0 Å². The number of benzene rings is 1. The molecule has 0 unspecified atom stereocenters. The Balaban J connectivity index is 1.76. The lowest BCUT2D eigenvalue weighted by molar-refractivity contribution is -0.153. The summed E-state index contributed by atoms with van der Waals surface area (Å²) in [7, 11) is 0. The van der Waals surface area contributed by atoms with Gasteiger partial charge in [-0.1, -0.05) is 12.1 Å². The SMILES string of the molecule is CC(C)N1C[C@@H]2OCC(=O)N(Cc3ccc(F)cc3)[C@@H]2C1. The Morgan fingerprint density at radius 1 is 1.29 bits per heavy atom. The molecular weight excluding hydrogens is 271 g/mol. The van der Waals surface area contributed by atoms with Gasteiger partial charge in [0.2, 0.25) is 5.91 Å². The van der Waals surface area contributed by atoms with Gasteiger partial charge in [-0.05, 0) is 31.5 Å². The van der Waals surface area contributed by atoms with Gasteiger partial charge in [0.15, 0.2) is 0 Å². The van der Waals surface area contributed by atoms with Crippen LogP contribution in [0, 0.1) is 5.82 Å². The molecule has 3 rings (SSSR count). The lowest BCUT2D eigenvalue weighted by atomic mass is 10.1. The summed E-state index contributed by atoms with van der Waals surface area (Å²) in [5, 5.41) is 0. The fourth-order valence-corrected chi connectivity index (χ4v) is 3.11. The first-order chi connectivity index (χ1) is 10.0. The van der Waals surface area contributed by atoms with Gasteiger partial charge in [-0.2, -0.15) is 0 Å². The van der Waals surface area contributed by atoms with Gasteiger partial charge < -0.3 is 9.64 Å². The highest BCUT2D eigenvalue weighted by Gasteiger charge is 2.43. The molecule has 2 aliphatic heterocycles. The van der Waals surface area contributed by atoms with Crippen molar-refractivity contribution in [3.63, 3.8) is 0 Å². The smallest absolute Gasteiger partial charge is 0.249 e. The molecule has 1 aromatic rings. The van der Waals surface area contributed by atoms with Crippen molar-refractivity contribution in [1.82, 2.24) is 9.80 Å². The molecule has 0 bridgehead atoms. The Hall–Kier alpha value is -1.46. The van der Waals surface area contributed by atoms with E-state index >= 15 is 0 Å². The number of hydrogen-bond acceptors (Lipinski definition) is 3. The molecule has 2 fully saturated rings. The quantitative estimate of drug-likeness (QED) is 0.849. The third-order valence-corrected chi connectivity index (χ3v) is 4.40. The van der Waals surface area contributed by atoms with E-state index in [1.807, 2.05) is 4.90 Å². The minimum absolute atomic E-state index is 0.0196. The average molecular weight is 292 g/mol. The van der Waals surface area contributed by atoms with Crippen LogP contribution in [0.3, 0.4) is 0 Å². The van der Waals surface area contributed by atoms with Gasteiger partial charge in [-0.15, -0.1) is 0 Å². The number of likely N-dealkylation sites (tertiary alicyclic amines) is 1. The van der Waals surface area contributed by atoms with Gasteiger partial charge in [0.1, 0.15) is 12.4 Å². The molecule has 21 heavy (non-hydrogen) atoms. The molecule has 0 N–H and O–H groups in total. The summed E-state index contributed by atoms with van der Waals surface area (Å²) >= 11 is 0. The van der Waals surface area contributed by atoms with E-state index in [0.29, 0.717) is 12.6 Å². The molecule has 5 heteroatoms. The molecule has 0 spiro atoms. The lowest BCUT2D eigenvalue weighted by Crippen LogP contribution is -2.53. The van der Waals surface area contributed by atoms with E-state index in [1.165, 1.54) is 12.1 Å². The molecule has 4 nitrogen and oxygen atoms in total. The van der Waals surface area contributed by atoms with E-state index in [2.05, 4.69) is 18.7 Å². The van der Waals surface area contributed by atoms with Crippen molar-refractivity contribution >= 4 is 5.91 Å². The molecule has 0 aromatic heterocycles. The van der Waals surface area contributed by atoms with Crippen LogP contribution in [0.2, 0.25) is 0 Å². The van der Waals surface area contributed by atoms with E-state index in [0.717, 1.165) is 18.7 Å². The van der Waals surface area contributed by atoms with Gasteiger partial charge in [-0.3, -0.25) is 9.69 Å². The fraction of sp³-hybridized carbons (Fsp3) is 0.562. The van der Waals surface area contributed by atoms with Crippen LogP contribution >= 0.6 is 0 Å². The Morgan fingerprint density at radius 2 is 2.00 bits per heavy atom. The summed E-state index contributed by atoms with van der Waals surface area (Å²) < 4.78 is 18.7. The van der Waals surface area contributed by atoms with E-state index in [4.69, 9.17) is 4.74 Å². The zero-order valence-corrected chi connectivity index (χ0v) is 12.5. The predicted octanol–water partition coefficient (Wildman–Crippen LogP) is 1.65. The van der Waals surface area contributed by atoms with Crippen LogP contribution in [0.25, 0.3) is 0 Å². The number of morpholine rings is 1. The number of hydrogen-bond donors (Lipinski definition) is 0. The van der Waals surface area contributed by atoms with Crippen LogP contribution < -0.4 is 0 Å². The number of nitrogens with zero attached hydrogens (tertiary/aromatic N) is 2. The summed E-state index contributed by atoms with van der Waals surface area (Å²) in [6, 6.07) is 6.89. The number of ether oxygens (including phenoxy) is 1. The average Bonchev–Trinajstić information content (AvgIpc) is 2.89. The number of fused-ring (bicyclic) bond motifs is 1. The Kier molecular flexibility index (Phi) is 3.95. The summed E-state index contributed by atoms with van der Waals surface area (Å²) in [4.78, 5) is 16.4. The molecule has 0 aliphatic carbocycles. The topological polar surface area (TPSA) is 32.8 Å². The van der Waals surface area contributed by atoms with Crippen LogP contribution in [0.1, 0.15) is 19.4 Å². The first kappa shape index (κ1) is 14.5. The van der Waals surface area contributed by atoms with Gasteiger partial charge in [0.05, 0.1) is 12.1 Å². The molecule has 2 saturated heterocycles. The third-order valence-electron chi connectivity index (χ3n) is 4.40. The molecular formula is C16H21FN2O2. The van der Waals surface area contributed by atoms with Gasteiger partial charge in [0.25, 0.3) is 0 Å². The van der Waals surface area contributed by atoms with Crippen molar-refractivity contribution in [3.05, 3.63) is 35.6 Å². The highest BCUT2D eigenvalue weighted by Crippen LogP contribution is 2.26. The second-order valence-corrected chi connectivity index (χ2v) is 6.11. The van der Waals surface area contributed by atoms with E-state index in [9.17, 15) is 9.18 Å². The molecule has 2 atom stereocenters. The van der Waals surface area contributed by atoms with E-state index < -0.39 is 0 Å². The standard InChI is InChI=1S/C16H21FN2O2/c1-11(2)18-8-14-15(9-18)21-10-16(20)19(14)7-12-3-5-13(17)6-4-12/h3-6,11,14-15H,7-10H2,1-2H3/t14-,15+/m1/s1. The van der Waals surface area contributed by atoms with Crippen molar-refractivity contribution in [2.75, 3.05) is 19.7 Å². The number of carbonyl (C=O) groups is 1. The zero-order chi connectivity index (χ0) is 15.0. The van der Waals surface area contributed by atoms with Crippen molar-refractivity contribution < 1.29 is 13.9 Å². The van der Waals surface area contributed by atoms with Crippen LogP contribution in [0.15, 0.2) is 24.3 Å². The largest absolute Gasteiger partial charge is 0.365 e. The first-order valence-electron chi connectivity index (χ1n) is 7.44. The minimum atomic E-state index is -0.253. The maximum absolute atomic E-state index is 13.0. The predicted molar refractivity (Wildman–Crippen MR) is 77.2 cm³/mol. The van der Waals surface area contributed by atoms with Gasteiger partial charge >= 0.3 is 0 Å². The van der Waals surface area contributed by atoms with Gasteiger partial charge in [0, 0.05) is 25.7 Å². The van der Waals surface area contributed by atoms with E-state index in [-0.39, 0.29) is 30.5 Å².